The average Bonchev–Trinajstić information content (AvgIpc) is 2.82. The van der Waals surface area contributed by atoms with Gasteiger partial charge in [-0.25, -0.2) is 4.39 Å². The van der Waals surface area contributed by atoms with Crippen molar-refractivity contribution in [1.29, 1.82) is 0 Å². The number of nitrogen functional groups attached to an aromatic ring is 1. The Morgan fingerprint density at radius 2 is 2.05 bits per heavy atom. The van der Waals surface area contributed by atoms with E-state index < -0.39 is 5.82 Å². The Morgan fingerprint density at radius 1 is 1.26 bits per heavy atom. The molecule has 0 spiro atoms. The minimum Gasteiger partial charge on any atom is -0.398 e. The molecule has 102 valence electrons. The normalized spacial score (nSPS) is 26.3. The van der Waals surface area contributed by atoms with Crippen LogP contribution in [-0.4, -0.2) is 23.4 Å². The zero-order valence-corrected chi connectivity index (χ0v) is 10.9. The number of nitrogens with zero attached hydrogens (tertiary/aromatic N) is 1. The molecule has 1 aliphatic heterocycles. The molecule has 2 fully saturated rings. The second-order valence-electron chi connectivity index (χ2n) is 5.63. The van der Waals surface area contributed by atoms with Crippen molar-refractivity contribution in [3.63, 3.8) is 0 Å². The lowest BCUT2D eigenvalue weighted by molar-refractivity contribution is 0.0691. The minimum atomic E-state index is -0.397. The van der Waals surface area contributed by atoms with Crippen molar-refractivity contribution >= 4 is 11.6 Å². The molecule has 0 radical (unpaired) electrons. The first kappa shape index (κ1) is 12.5. The van der Waals surface area contributed by atoms with E-state index in [4.69, 9.17) is 5.73 Å². The Morgan fingerprint density at radius 3 is 2.84 bits per heavy atom. The summed E-state index contributed by atoms with van der Waals surface area (Å²) in [7, 11) is 0. The molecule has 2 atom stereocenters. The molecular weight excluding hydrogens is 243 g/mol. The number of carbonyl (C=O) groups excluding carboxylic acids is 1. The number of anilines is 1. The van der Waals surface area contributed by atoms with Crippen LogP contribution in [0.1, 0.15) is 42.5 Å². The molecule has 19 heavy (non-hydrogen) atoms. The number of fused-ring (bicyclic) bond motifs is 1. The van der Waals surface area contributed by atoms with Crippen LogP contribution in [0.15, 0.2) is 18.2 Å². The number of benzene rings is 1. The van der Waals surface area contributed by atoms with E-state index >= 15 is 0 Å². The number of amides is 1. The van der Waals surface area contributed by atoms with E-state index in [1.807, 2.05) is 4.90 Å². The molecular formula is C15H19FN2O. The Balaban J connectivity index is 1.83. The molecule has 3 nitrogen and oxygen atoms in total. The lowest BCUT2D eigenvalue weighted by atomic mass is 9.85. The second-order valence-corrected chi connectivity index (χ2v) is 5.63. The van der Waals surface area contributed by atoms with E-state index in [0.717, 1.165) is 19.4 Å². The maximum atomic E-state index is 13.1. The van der Waals surface area contributed by atoms with Gasteiger partial charge in [0, 0.05) is 18.3 Å². The standard InChI is InChI=1S/C15H19FN2O/c16-11-5-6-12(13(17)9-11)15(19)18-8-7-10-3-1-2-4-14(10)18/h5-6,9-10,14H,1-4,7-8,17H2. The Kier molecular flexibility index (Phi) is 3.17. The van der Waals surface area contributed by atoms with Crippen molar-refractivity contribution in [1.82, 2.24) is 4.90 Å². The average molecular weight is 262 g/mol. The van der Waals surface area contributed by atoms with Crippen molar-refractivity contribution < 1.29 is 9.18 Å². The molecule has 2 N–H and O–H groups in total. The highest BCUT2D eigenvalue weighted by molar-refractivity contribution is 5.99. The van der Waals surface area contributed by atoms with Gasteiger partial charge in [-0.3, -0.25) is 4.79 Å². The lowest BCUT2D eigenvalue weighted by Crippen LogP contribution is -2.39. The van der Waals surface area contributed by atoms with Gasteiger partial charge in [0.1, 0.15) is 5.82 Å². The predicted octanol–water partition coefficient (Wildman–Crippen LogP) is 2.81. The topological polar surface area (TPSA) is 46.3 Å². The summed E-state index contributed by atoms with van der Waals surface area (Å²) in [4.78, 5) is 14.5. The molecule has 3 rings (SSSR count). The van der Waals surface area contributed by atoms with Crippen LogP contribution in [0.4, 0.5) is 10.1 Å². The van der Waals surface area contributed by atoms with Crippen LogP contribution in [0.25, 0.3) is 0 Å². The van der Waals surface area contributed by atoms with Crippen LogP contribution < -0.4 is 5.73 Å². The monoisotopic (exact) mass is 262 g/mol. The first-order valence-corrected chi connectivity index (χ1v) is 7.03. The molecule has 0 aromatic heterocycles. The SMILES string of the molecule is Nc1cc(F)ccc1C(=O)N1CCC2CCCCC21. The van der Waals surface area contributed by atoms with Crippen LogP contribution >= 0.6 is 0 Å². The van der Waals surface area contributed by atoms with E-state index in [1.165, 1.54) is 37.5 Å². The number of hydrogen-bond acceptors (Lipinski definition) is 2. The fourth-order valence-electron chi connectivity index (χ4n) is 3.54. The smallest absolute Gasteiger partial charge is 0.256 e. The van der Waals surface area contributed by atoms with Crippen molar-refractivity contribution in [3.05, 3.63) is 29.6 Å². The predicted molar refractivity (Wildman–Crippen MR) is 72.2 cm³/mol. The summed E-state index contributed by atoms with van der Waals surface area (Å²) >= 11 is 0. The first-order valence-electron chi connectivity index (χ1n) is 7.03. The van der Waals surface area contributed by atoms with Gasteiger partial charge < -0.3 is 10.6 Å². The minimum absolute atomic E-state index is 0.0353. The zero-order valence-electron chi connectivity index (χ0n) is 10.9. The molecule has 1 saturated heterocycles. The summed E-state index contributed by atoms with van der Waals surface area (Å²) in [6.45, 7) is 0.810. The van der Waals surface area contributed by atoms with Crippen LogP contribution in [0.3, 0.4) is 0 Å². The van der Waals surface area contributed by atoms with Gasteiger partial charge in [0.15, 0.2) is 0 Å². The van der Waals surface area contributed by atoms with Crippen LogP contribution in [0.2, 0.25) is 0 Å². The van der Waals surface area contributed by atoms with E-state index in [1.54, 1.807) is 0 Å². The number of hydrogen-bond donors (Lipinski definition) is 1. The van der Waals surface area contributed by atoms with Crippen LogP contribution in [0, 0.1) is 11.7 Å². The Labute approximate surface area is 112 Å². The van der Waals surface area contributed by atoms with Gasteiger partial charge in [0.25, 0.3) is 5.91 Å². The van der Waals surface area contributed by atoms with Gasteiger partial charge >= 0.3 is 0 Å². The highest BCUT2D eigenvalue weighted by atomic mass is 19.1. The van der Waals surface area contributed by atoms with E-state index in [-0.39, 0.29) is 11.6 Å². The molecule has 1 aromatic rings. The Bertz CT molecular complexity index is 503. The van der Waals surface area contributed by atoms with Crippen LogP contribution in [0.5, 0.6) is 0 Å². The second kappa shape index (κ2) is 4.83. The summed E-state index contributed by atoms with van der Waals surface area (Å²) < 4.78 is 13.1. The summed E-state index contributed by atoms with van der Waals surface area (Å²) in [5.41, 5.74) is 6.45. The summed E-state index contributed by atoms with van der Waals surface area (Å²) in [6, 6.07) is 4.40. The molecule has 2 unspecified atom stereocenters. The quantitative estimate of drug-likeness (QED) is 0.791. The number of carbonyl (C=O) groups is 1. The first-order chi connectivity index (χ1) is 9.16. The third-order valence-corrected chi connectivity index (χ3v) is 4.51. The number of nitrogens with two attached hydrogens (primary N) is 1. The Hall–Kier alpha value is -1.58. The molecule has 4 heteroatoms. The molecule has 1 heterocycles. The summed E-state index contributed by atoms with van der Waals surface area (Å²) in [5.74, 6) is 0.220. The highest BCUT2D eigenvalue weighted by Gasteiger charge is 2.38. The molecule has 2 aliphatic rings. The fraction of sp³-hybridized carbons (Fsp3) is 0.533. The van der Waals surface area contributed by atoms with E-state index in [2.05, 4.69) is 0 Å². The maximum absolute atomic E-state index is 13.1. The molecule has 0 bridgehead atoms. The van der Waals surface area contributed by atoms with Gasteiger partial charge in [0.05, 0.1) is 5.56 Å². The van der Waals surface area contributed by atoms with Crippen molar-refractivity contribution in [2.45, 2.75) is 38.1 Å². The molecule has 1 saturated carbocycles. The number of likely N-dealkylation sites (tertiary alicyclic amines) is 1. The van der Waals surface area contributed by atoms with Gasteiger partial charge in [-0.2, -0.15) is 0 Å². The largest absolute Gasteiger partial charge is 0.398 e. The number of halogens is 1. The molecule has 1 aromatic carbocycles. The summed E-state index contributed by atoms with van der Waals surface area (Å²) in [6.07, 6.45) is 5.90. The van der Waals surface area contributed by atoms with E-state index in [0.29, 0.717) is 17.5 Å². The fourth-order valence-corrected chi connectivity index (χ4v) is 3.54. The lowest BCUT2D eigenvalue weighted by Gasteiger charge is -2.32. The van der Waals surface area contributed by atoms with Crippen molar-refractivity contribution in [2.75, 3.05) is 12.3 Å². The third-order valence-electron chi connectivity index (χ3n) is 4.51. The molecule has 1 aliphatic carbocycles. The van der Waals surface area contributed by atoms with Crippen molar-refractivity contribution in [2.24, 2.45) is 5.92 Å². The van der Waals surface area contributed by atoms with Gasteiger partial charge in [0.2, 0.25) is 0 Å². The maximum Gasteiger partial charge on any atom is 0.256 e. The molecule has 1 amide bonds. The summed E-state index contributed by atoms with van der Waals surface area (Å²) in [5, 5.41) is 0. The van der Waals surface area contributed by atoms with Gasteiger partial charge in [-0.05, 0) is 43.4 Å². The van der Waals surface area contributed by atoms with Gasteiger partial charge in [-0.1, -0.05) is 12.8 Å². The zero-order chi connectivity index (χ0) is 13.4. The third kappa shape index (κ3) is 2.20. The highest BCUT2D eigenvalue weighted by Crippen LogP contribution is 2.37. The number of rotatable bonds is 1. The van der Waals surface area contributed by atoms with Gasteiger partial charge in [-0.15, -0.1) is 0 Å². The van der Waals surface area contributed by atoms with Crippen LogP contribution in [-0.2, 0) is 0 Å². The van der Waals surface area contributed by atoms with E-state index in [9.17, 15) is 9.18 Å². The van der Waals surface area contributed by atoms with Crippen molar-refractivity contribution in [3.8, 4) is 0 Å².